The van der Waals surface area contributed by atoms with E-state index in [0.717, 1.165) is 38.8 Å². The maximum atomic E-state index is 11.9. The zero-order valence-electron chi connectivity index (χ0n) is 10.6. The van der Waals surface area contributed by atoms with Gasteiger partial charge in [-0.3, -0.25) is 4.79 Å². The van der Waals surface area contributed by atoms with E-state index in [1.54, 1.807) is 0 Å². The fourth-order valence-electron chi connectivity index (χ4n) is 2.04. The molecule has 1 heterocycles. The van der Waals surface area contributed by atoms with Crippen LogP contribution in [0.4, 0.5) is 13.2 Å². The summed E-state index contributed by atoms with van der Waals surface area (Å²) in [6.45, 7) is 1.95. The van der Waals surface area contributed by atoms with Gasteiger partial charge in [-0.05, 0) is 25.8 Å². The fraction of sp³-hybridized carbons (Fsp3) is 0.917. The van der Waals surface area contributed by atoms with Crippen molar-refractivity contribution in [2.24, 2.45) is 0 Å². The minimum atomic E-state index is -4.10. The minimum Gasteiger partial charge on any atom is -0.342 e. The molecule has 1 aliphatic heterocycles. The van der Waals surface area contributed by atoms with Gasteiger partial charge < -0.3 is 10.2 Å². The number of halogens is 3. The van der Waals surface area contributed by atoms with Crippen LogP contribution in [0.5, 0.6) is 0 Å². The number of amides is 1. The number of hydrogen-bond acceptors (Lipinski definition) is 2. The number of carbonyl (C=O) groups excluding carboxylic acids is 1. The van der Waals surface area contributed by atoms with Gasteiger partial charge in [-0.15, -0.1) is 0 Å². The average molecular weight is 266 g/mol. The molecule has 1 saturated heterocycles. The van der Waals surface area contributed by atoms with Crippen LogP contribution in [0.15, 0.2) is 0 Å². The minimum absolute atomic E-state index is 0.00362. The van der Waals surface area contributed by atoms with E-state index in [1.807, 2.05) is 4.90 Å². The summed E-state index contributed by atoms with van der Waals surface area (Å²) in [7, 11) is 0. The molecule has 0 aromatic rings. The molecule has 106 valence electrons. The van der Waals surface area contributed by atoms with Gasteiger partial charge in [0.25, 0.3) is 0 Å². The molecule has 18 heavy (non-hydrogen) atoms. The van der Waals surface area contributed by atoms with Crippen LogP contribution in [0.2, 0.25) is 0 Å². The number of nitrogens with zero attached hydrogens (tertiary/aromatic N) is 1. The Morgan fingerprint density at radius 2 is 1.72 bits per heavy atom. The van der Waals surface area contributed by atoms with E-state index in [4.69, 9.17) is 0 Å². The van der Waals surface area contributed by atoms with Crippen molar-refractivity contribution in [1.29, 1.82) is 0 Å². The van der Waals surface area contributed by atoms with Crippen molar-refractivity contribution in [1.82, 2.24) is 10.2 Å². The third kappa shape index (κ3) is 6.83. The third-order valence-corrected chi connectivity index (χ3v) is 3.05. The normalized spacial score (nSPS) is 17.6. The summed E-state index contributed by atoms with van der Waals surface area (Å²) in [5.41, 5.74) is 0. The highest BCUT2D eigenvalue weighted by Crippen LogP contribution is 2.20. The SMILES string of the molecule is O=C(CNCCCC(F)(F)F)N1CCCCCC1. The second kappa shape index (κ2) is 7.61. The first-order valence-corrected chi connectivity index (χ1v) is 6.54. The van der Waals surface area contributed by atoms with Crippen LogP contribution >= 0.6 is 0 Å². The molecule has 0 aromatic heterocycles. The van der Waals surface area contributed by atoms with Crippen molar-refractivity contribution in [3.8, 4) is 0 Å². The number of hydrogen-bond donors (Lipinski definition) is 1. The molecule has 0 bridgehead atoms. The summed E-state index contributed by atoms with van der Waals surface area (Å²) in [4.78, 5) is 13.6. The molecule has 0 spiro atoms. The van der Waals surface area contributed by atoms with Crippen LogP contribution < -0.4 is 5.32 Å². The van der Waals surface area contributed by atoms with Crippen LogP contribution in [-0.4, -0.2) is 43.2 Å². The van der Waals surface area contributed by atoms with Crippen LogP contribution in [0.1, 0.15) is 38.5 Å². The highest BCUT2D eigenvalue weighted by molar-refractivity contribution is 5.78. The van der Waals surface area contributed by atoms with Crippen molar-refractivity contribution in [3.05, 3.63) is 0 Å². The average Bonchev–Trinajstić information content (AvgIpc) is 2.55. The zero-order valence-corrected chi connectivity index (χ0v) is 10.6. The Bertz CT molecular complexity index is 248. The number of carbonyl (C=O) groups is 1. The lowest BCUT2D eigenvalue weighted by atomic mass is 10.2. The summed E-state index contributed by atoms with van der Waals surface area (Å²) < 4.78 is 35.6. The van der Waals surface area contributed by atoms with Crippen LogP contribution in [0.25, 0.3) is 0 Å². The third-order valence-electron chi connectivity index (χ3n) is 3.05. The number of nitrogens with one attached hydrogen (secondary N) is 1. The molecular weight excluding hydrogens is 245 g/mol. The Morgan fingerprint density at radius 1 is 1.11 bits per heavy atom. The first-order valence-electron chi connectivity index (χ1n) is 6.54. The largest absolute Gasteiger partial charge is 0.389 e. The summed E-state index contributed by atoms with van der Waals surface area (Å²) >= 11 is 0. The molecule has 0 saturated carbocycles. The van der Waals surface area contributed by atoms with Crippen LogP contribution in [0.3, 0.4) is 0 Å². The quantitative estimate of drug-likeness (QED) is 0.775. The summed E-state index contributed by atoms with van der Waals surface area (Å²) in [5, 5.41) is 2.78. The monoisotopic (exact) mass is 266 g/mol. The molecule has 0 aromatic carbocycles. The van der Waals surface area contributed by atoms with E-state index in [2.05, 4.69) is 5.32 Å². The van der Waals surface area contributed by atoms with E-state index in [9.17, 15) is 18.0 Å². The molecule has 1 N–H and O–H groups in total. The van der Waals surface area contributed by atoms with Crippen molar-refractivity contribution in [2.75, 3.05) is 26.2 Å². The number of rotatable bonds is 5. The van der Waals surface area contributed by atoms with Crippen molar-refractivity contribution in [2.45, 2.75) is 44.7 Å². The van der Waals surface area contributed by atoms with Gasteiger partial charge in [-0.2, -0.15) is 13.2 Å². The number of alkyl halides is 3. The van der Waals surface area contributed by atoms with Crippen molar-refractivity contribution in [3.63, 3.8) is 0 Å². The highest BCUT2D eigenvalue weighted by atomic mass is 19.4. The van der Waals surface area contributed by atoms with Gasteiger partial charge >= 0.3 is 6.18 Å². The second-order valence-corrected chi connectivity index (χ2v) is 4.69. The molecular formula is C12H21F3N2O. The molecule has 0 unspecified atom stereocenters. The first kappa shape index (κ1) is 15.3. The number of likely N-dealkylation sites (tertiary alicyclic amines) is 1. The predicted molar refractivity (Wildman–Crippen MR) is 63.2 cm³/mol. The van der Waals surface area contributed by atoms with Gasteiger partial charge in [0.05, 0.1) is 6.54 Å². The second-order valence-electron chi connectivity index (χ2n) is 4.69. The Kier molecular flexibility index (Phi) is 6.46. The molecule has 0 radical (unpaired) electrons. The summed E-state index contributed by atoms with van der Waals surface area (Å²) in [6.07, 6.45) is -0.504. The molecule has 1 rings (SSSR count). The Morgan fingerprint density at radius 3 is 2.28 bits per heavy atom. The maximum absolute atomic E-state index is 11.9. The van der Waals surface area contributed by atoms with Crippen LogP contribution in [-0.2, 0) is 4.79 Å². The van der Waals surface area contributed by atoms with Crippen molar-refractivity contribution < 1.29 is 18.0 Å². The smallest absolute Gasteiger partial charge is 0.342 e. The fourth-order valence-corrected chi connectivity index (χ4v) is 2.04. The van der Waals surface area contributed by atoms with E-state index in [1.165, 1.54) is 0 Å². The molecule has 0 atom stereocenters. The topological polar surface area (TPSA) is 32.3 Å². The van der Waals surface area contributed by atoms with E-state index in [-0.39, 0.29) is 25.4 Å². The van der Waals surface area contributed by atoms with Crippen LogP contribution in [0, 0.1) is 0 Å². The lowest BCUT2D eigenvalue weighted by molar-refractivity contribution is -0.135. The lowest BCUT2D eigenvalue weighted by Gasteiger charge is -2.20. The molecule has 1 amide bonds. The molecule has 0 aliphatic carbocycles. The highest BCUT2D eigenvalue weighted by Gasteiger charge is 2.25. The predicted octanol–water partition coefficient (Wildman–Crippen LogP) is 2.32. The first-order chi connectivity index (χ1) is 8.49. The van der Waals surface area contributed by atoms with Gasteiger partial charge in [0, 0.05) is 19.5 Å². The Hall–Kier alpha value is -0.780. The standard InChI is InChI=1S/C12H21F3N2O/c13-12(14,15)6-5-7-16-10-11(18)17-8-3-1-2-4-9-17/h16H,1-10H2. The molecule has 1 aliphatic rings. The lowest BCUT2D eigenvalue weighted by Crippen LogP contribution is -2.39. The molecule has 1 fully saturated rings. The van der Waals surface area contributed by atoms with Gasteiger partial charge in [-0.1, -0.05) is 12.8 Å². The van der Waals surface area contributed by atoms with Gasteiger partial charge in [0.2, 0.25) is 5.91 Å². The Labute approximate surface area is 106 Å². The van der Waals surface area contributed by atoms with Gasteiger partial charge in [0.15, 0.2) is 0 Å². The van der Waals surface area contributed by atoms with Crippen molar-refractivity contribution >= 4 is 5.91 Å². The van der Waals surface area contributed by atoms with Gasteiger partial charge in [0.1, 0.15) is 0 Å². The Balaban J connectivity index is 2.09. The molecule has 6 heteroatoms. The summed E-state index contributed by atoms with van der Waals surface area (Å²) in [6, 6.07) is 0. The maximum Gasteiger partial charge on any atom is 0.389 e. The van der Waals surface area contributed by atoms with E-state index >= 15 is 0 Å². The van der Waals surface area contributed by atoms with Gasteiger partial charge in [-0.25, -0.2) is 0 Å². The van der Waals surface area contributed by atoms with E-state index < -0.39 is 12.6 Å². The zero-order chi connectivity index (χ0) is 13.4. The summed E-state index contributed by atoms with van der Waals surface area (Å²) in [5.74, 6) is 0.00362. The van der Waals surface area contributed by atoms with E-state index in [0.29, 0.717) is 0 Å². The molecule has 3 nitrogen and oxygen atoms in total.